The van der Waals surface area contributed by atoms with E-state index in [4.69, 9.17) is 4.74 Å². The average molecular weight is 313 g/mol. The number of aliphatic hydroxyl groups is 1. The minimum absolute atomic E-state index is 0.446. The van der Waals surface area contributed by atoms with Crippen LogP contribution in [0, 0.1) is 0 Å². The topological polar surface area (TPSA) is 32.7 Å². The predicted molar refractivity (Wildman–Crippen MR) is 94.5 cm³/mol. The number of hydrogen-bond acceptors (Lipinski definition) is 3. The van der Waals surface area contributed by atoms with E-state index in [1.165, 1.54) is 5.56 Å². The van der Waals surface area contributed by atoms with E-state index in [0.717, 1.165) is 43.7 Å². The first-order valence-electron chi connectivity index (χ1n) is 8.28. The molecule has 0 bridgehead atoms. The van der Waals surface area contributed by atoms with Gasteiger partial charge in [-0.2, -0.15) is 0 Å². The van der Waals surface area contributed by atoms with Crippen LogP contribution in [0.1, 0.15) is 30.9 Å². The van der Waals surface area contributed by atoms with E-state index in [-0.39, 0.29) is 0 Å². The van der Waals surface area contributed by atoms with Gasteiger partial charge in [-0.3, -0.25) is 4.90 Å². The molecule has 0 aromatic heterocycles. The summed E-state index contributed by atoms with van der Waals surface area (Å²) in [5.41, 5.74) is 2.54. The van der Waals surface area contributed by atoms with Crippen molar-refractivity contribution in [1.82, 2.24) is 4.90 Å². The van der Waals surface area contributed by atoms with Gasteiger partial charge in [0.25, 0.3) is 0 Å². The number of methoxy groups -OCH3 is 1. The summed E-state index contributed by atoms with van der Waals surface area (Å²) in [5, 5.41) is 10.0. The van der Waals surface area contributed by atoms with Crippen LogP contribution in [0.4, 0.5) is 0 Å². The lowest BCUT2D eigenvalue weighted by atomic mass is 10.1. The van der Waals surface area contributed by atoms with Crippen molar-refractivity contribution in [2.24, 2.45) is 0 Å². The Kier molecular flexibility index (Phi) is 7.11. The predicted octanol–water partition coefficient (Wildman–Crippen LogP) is 3.86. The summed E-state index contributed by atoms with van der Waals surface area (Å²) in [4.78, 5) is 2.10. The fourth-order valence-corrected chi connectivity index (χ4v) is 2.69. The van der Waals surface area contributed by atoms with Gasteiger partial charge in [-0.25, -0.2) is 0 Å². The van der Waals surface area contributed by atoms with Crippen LogP contribution < -0.4 is 4.74 Å². The van der Waals surface area contributed by atoms with E-state index in [9.17, 15) is 5.11 Å². The van der Waals surface area contributed by atoms with Crippen molar-refractivity contribution in [2.75, 3.05) is 13.7 Å². The third-order valence-corrected chi connectivity index (χ3v) is 4.05. The summed E-state index contributed by atoms with van der Waals surface area (Å²) in [6, 6.07) is 18.6. The van der Waals surface area contributed by atoms with E-state index in [0.29, 0.717) is 0 Å². The molecule has 0 aliphatic heterocycles. The zero-order valence-electron chi connectivity index (χ0n) is 14.1. The molecule has 0 aliphatic rings. The lowest BCUT2D eigenvalue weighted by molar-refractivity contribution is 0.0115. The van der Waals surface area contributed by atoms with Crippen molar-refractivity contribution in [2.45, 2.75) is 39.0 Å². The SMILES string of the molecule is COc1cccc(CN(CCCCc2ccccc2)C(C)O)c1. The molecule has 0 aliphatic carbocycles. The summed E-state index contributed by atoms with van der Waals surface area (Å²) >= 11 is 0. The first-order valence-corrected chi connectivity index (χ1v) is 8.28. The van der Waals surface area contributed by atoms with Gasteiger partial charge in [0.2, 0.25) is 0 Å². The summed E-state index contributed by atoms with van der Waals surface area (Å²) in [6.07, 6.45) is 2.85. The van der Waals surface area contributed by atoms with Crippen LogP contribution in [0.3, 0.4) is 0 Å². The lowest BCUT2D eigenvalue weighted by Crippen LogP contribution is -2.33. The number of nitrogens with zero attached hydrogens (tertiary/aromatic N) is 1. The van der Waals surface area contributed by atoms with Crippen molar-refractivity contribution >= 4 is 0 Å². The van der Waals surface area contributed by atoms with Gasteiger partial charge in [0.1, 0.15) is 12.0 Å². The molecular formula is C20H27NO2. The maximum atomic E-state index is 10.0. The van der Waals surface area contributed by atoms with Gasteiger partial charge in [0, 0.05) is 13.1 Å². The van der Waals surface area contributed by atoms with Gasteiger partial charge in [-0.1, -0.05) is 42.5 Å². The minimum atomic E-state index is -0.446. The molecule has 1 N–H and O–H groups in total. The molecule has 1 atom stereocenters. The number of aliphatic hydroxyl groups excluding tert-OH is 1. The van der Waals surface area contributed by atoms with Gasteiger partial charge in [-0.15, -0.1) is 0 Å². The molecule has 1 unspecified atom stereocenters. The molecular weight excluding hydrogens is 286 g/mol. The average Bonchev–Trinajstić information content (AvgIpc) is 2.58. The third-order valence-electron chi connectivity index (χ3n) is 4.05. The highest BCUT2D eigenvalue weighted by Gasteiger charge is 2.11. The second-order valence-electron chi connectivity index (χ2n) is 5.90. The number of unbranched alkanes of at least 4 members (excludes halogenated alkanes) is 1. The molecule has 0 amide bonds. The Bertz CT molecular complexity index is 569. The molecule has 2 aromatic rings. The van der Waals surface area contributed by atoms with Crippen LogP contribution in [-0.2, 0) is 13.0 Å². The third kappa shape index (κ3) is 6.05. The molecule has 0 heterocycles. The Morgan fingerprint density at radius 3 is 2.43 bits per heavy atom. The van der Waals surface area contributed by atoms with E-state index >= 15 is 0 Å². The first-order chi connectivity index (χ1) is 11.2. The Labute approximate surface area is 139 Å². The summed E-state index contributed by atoms with van der Waals surface area (Å²) in [6.45, 7) is 3.46. The van der Waals surface area contributed by atoms with E-state index in [1.807, 2.05) is 31.2 Å². The highest BCUT2D eigenvalue weighted by Crippen LogP contribution is 2.16. The molecule has 3 nitrogen and oxygen atoms in total. The van der Waals surface area contributed by atoms with Gasteiger partial charge in [0.05, 0.1) is 7.11 Å². The molecule has 0 saturated heterocycles. The van der Waals surface area contributed by atoms with Crippen LogP contribution in [0.2, 0.25) is 0 Å². The van der Waals surface area contributed by atoms with Crippen molar-refractivity contribution in [3.05, 3.63) is 65.7 Å². The van der Waals surface area contributed by atoms with Crippen molar-refractivity contribution < 1.29 is 9.84 Å². The molecule has 0 spiro atoms. The number of ether oxygens (including phenoxy) is 1. The van der Waals surface area contributed by atoms with Gasteiger partial charge < -0.3 is 9.84 Å². The summed E-state index contributed by atoms with van der Waals surface area (Å²) < 4.78 is 5.26. The molecule has 0 radical (unpaired) electrons. The normalized spacial score (nSPS) is 12.3. The Hall–Kier alpha value is -1.84. The molecule has 3 heteroatoms. The van der Waals surface area contributed by atoms with Crippen molar-refractivity contribution in [1.29, 1.82) is 0 Å². The van der Waals surface area contributed by atoms with E-state index in [1.54, 1.807) is 7.11 Å². The lowest BCUT2D eigenvalue weighted by Gasteiger charge is -2.25. The highest BCUT2D eigenvalue weighted by molar-refractivity contribution is 5.28. The van der Waals surface area contributed by atoms with Gasteiger partial charge in [-0.05, 0) is 49.4 Å². The van der Waals surface area contributed by atoms with Crippen LogP contribution in [0.15, 0.2) is 54.6 Å². The minimum Gasteiger partial charge on any atom is -0.497 e. The smallest absolute Gasteiger partial charge is 0.119 e. The molecule has 0 saturated carbocycles. The Morgan fingerprint density at radius 1 is 1.00 bits per heavy atom. The molecule has 2 rings (SSSR count). The fraction of sp³-hybridized carbons (Fsp3) is 0.400. The summed E-state index contributed by atoms with van der Waals surface area (Å²) in [5.74, 6) is 0.858. The second-order valence-corrected chi connectivity index (χ2v) is 5.90. The monoisotopic (exact) mass is 313 g/mol. The number of hydrogen-bond donors (Lipinski definition) is 1. The van der Waals surface area contributed by atoms with Gasteiger partial charge in [0.15, 0.2) is 0 Å². The maximum Gasteiger partial charge on any atom is 0.119 e. The second kappa shape index (κ2) is 9.33. The Morgan fingerprint density at radius 2 is 1.74 bits per heavy atom. The standard InChI is InChI=1S/C20H27NO2/c1-17(22)21(16-19-12-8-13-20(15-19)23-2)14-7-6-11-18-9-4-3-5-10-18/h3-5,8-10,12-13,15,17,22H,6-7,11,14,16H2,1-2H3. The zero-order valence-corrected chi connectivity index (χ0v) is 14.1. The quantitative estimate of drug-likeness (QED) is 0.563. The number of aryl methyl sites for hydroxylation is 1. The van der Waals surface area contributed by atoms with Crippen LogP contribution in [0.5, 0.6) is 5.75 Å². The number of benzene rings is 2. The molecule has 0 fully saturated rings. The van der Waals surface area contributed by atoms with Crippen molar-refractivity contribution in [3.8, 4) is 5.75 Å². The maximum absolute atomic E-state index is 10.0. The zero-order chi connectivity index (χ0) is 16.5. The van der Waals surface area contributed by atoms with Crippen LogP contribution >= 0.6 is 0 Å². The number of rotatable bonds is 9. The van der Waals surface area contributed by atoms with Crippen LogP contribution in [0.25, 0.3) is 0 Å². The first kappa shape index (κ1) is 17.5. The molecule has 124 valence electrons. The van der Waals surface area contributed by atoms with E-state index < -0.39 is 6.23 Å². The van der Waals surface area contributed by atoms with E-state index in [2.05, 4.69) is 35.2 Å². The Balaban J connectivity index is 1.81. The molecule has 2 aromatic carbocycles. The molecule has 23 heavy (non-hydrogen) atoms. The van der Waals surface area contributed by atoms with Gasteiger partial charge >= 0.3 is 0 Å². The largest absolute Gasteiger partial charge is 0.497 e. The van der Waals surface area contributed by atoms with Crippen molar-refractivity contribution in [3.63, 3.8) is 0 Å². The summed E-state index contributed by atoms with van der Waals surface area (Å²) in [7, 11) is 1.68. The fourth-order valence-electron chi connectivity index (χ4n) is 2.69. The van der Waals surface area contributed by atoms with Crippen LogP contribution in [-0.4, -0.2) is 29.9 Å². The highest BCUT2D eigenvalue weighted by atomic mass is 16.5.